The van der Waals surface area contributed by atoms with Crippen LogP contribution in [-0.2, 0) is 6.54 Å². The number of nitrogens with zero attached hydrogens (tertiary/aromatic N) is 2. The lowest BCUT2D eigenvalue weighted by Crippen LogP contribution is -2.45. The molecule has 1 amide bonds. The van der Waals surface area contributed by atoms with Crippen molar-refractivity contribution in [1.82, 2.24) is 10.2 Å². The molecule has 1 aliphatic rings. The van der Waals surface area contributed by atoms with Crippen LogP contribution in [0.3, 0.4) is 0 Å². The van der Waals surface area contributed by atoms with Gasteiger partial charge in [-0.05, 0) is 54.2 Å². The molecule has 3 aromatic rings. The summed E-state index contributed by atoms with van der Waals surface area (Å²) in [6.07, 6.45) is 0. The molecule has 35 heavy (non-hydrogen) atoms. The van der Waals surface area contributed by atoms with Crippen molar-refractivity contribution in [3.63, 3.8) is 0 Å². The van der Waals surface area contributed by atoms with Crippen molar-refractivity contribution in [2.75, 3.05) is 50.6 Å². The van der Waals surface area contributed by atoms with E-state index in [0.717, 1.165) is 38.4 Å². The molecule has 0 atom stereocenters. The lowest BCUT2D eigenvalue weighted by molar-refractivity contribution is 0.0977. The lowest BCUT2D eigenvalue weighted by Gasteiger charge is -2.36. The molecule has 0 unspecified atom stereocenters. The molecule has 0 radical (unpaired) electrons. The van der Waals surface area contributed by atoms with E-state index < -0.39 is 0 Å². The Morgan fingerprint density at radius 2 is 1.51 bits per heavy atom. The number of amides is 1. The summed E-state index contributed by atoms with van der Waals surface area (Å²) in [5.74, 6) is 0.722. The zero-order valence-electron chi connectivity index (χ0n) is 20.0. The number of nitrogens with one attached hydrogen (secondary N) is 2. The van der Waals surface area contributed by atoms with E-state index in [1.165, 1.54) is 25.5 Å². The number of methoxy groups -OCH3 is 2. The predicted molar refractivity (Wildman–Crippen MR) is 144 cm³/mol. The largest absolute Gasteiger partial charge is 0.497 e. The first-order chi connectivity index (χ1) is 17.0. The SMILES string of the molecule is COc1cc(OC)cc(C(=O)NC(=S)Nc2ccc(N3CCN(Cc4ccccc4)CC3)cc2)c1. The van der Waals surface area contributed by atoms with Gasteiger partial charge in [-0.1, -0.05) is 30.3 Å². The molecule has 0 aliphatic carbocycles. The summed E-state index contributed by atoms with van der Waals surface area (Å²) < 4.78 is 10.5. The molecule has 0 saturated carbocycles. The van der Waals surface area contributed by atoms with Crippen molar-refractivity contribution in [2.24, 2.45) is 0 Å². The number of rotatable bonds is 7. The van der Waals surface area contributed by atoms with Crippen LogP contribution in [0.1, 0.15) is 15.9 Å². The molecule has 2 N–H and O–H groups in total. The average molecular weight is 491 g/mol. The fourth-order valence-corrected chi connectivity index (χ4v) is 4.25. The Balaban J connectivity index is 1.28. The number of anilines is 2. The fourth-order valence-electron chi connectivity index (χ4n) is 4.04. The molecule has 7 nitrogen and oxygen atoms in total. The van der Waals surface area contributed by atoms with Gasteiger partial charge in [0.15, 0.2) is 5.11 Å². The third-order valence-corrected chi connectivity index (χ3v) is 6.16. The van der Waals surface area contributed by atoms with Gasteiger partial charge in [-0.2, -0.15) is 0 Å². The van der Waals surface area contributed by atoms with Gasteiger partial charge in [0.1, 0.15) is 11.5 Å². The van der Waals surface area contributed by atoms with Crippen LogP contribution in [0.2, 0.25) is 0 Å². The van der Waals surface area contributed by atoms with Gasteiger partial charge in [-0.25, -0.2) is 0 Å². The number of piperazine rings is 1. The number of benzene rings is 3. The molecule has 0 bridgehead atoms. The minimum atomic E-state index is -0.343. The molecule has 0 aromatic heterocycles. The van der Waals surface area contributed by atoms with Gasteiger partial charge in [-0.15, -0.1) is 0 Å². The summed E-state index contributed by atoms with van der Waals surface area (Å²) in [6, 6.07) is 23.7. The highest BCUT2D eigenvalue weighted by Crippen LogP contribution is 2.23. The van der Waals surface area contributed by atoms with Crippen molar-refractivity contribution >= 4 is 34.6 Å². The molecule has 1 saturated heterocycles. The minimum absolute atomic E-state index is 0.221. The van der Waals surface area contributed by atoms with Crippen LogP contribution >= 0.6 is 12.2 Å². The highest BCUT2D eigenvalue weighted by atomic mass is 32.1. The standard InChI is InChI=1S/C27H30N4O3S/c1-33-24-16-21(17-25(18-24)34-2)26(32)29-27(35)28-22-8-10-23(11-9-22)31-14-12-30(13-15-31)19-20-6-4-3-5-7-20/h3-11,16-18H,12-15,19H2,1-2H3,(H2,28,29,32,35). The molecule has 4 rings (SSSR count). The van der Waals surface area contributed by atoms with E-state index in [1.807, 2.05) is 12.1 Å². The van der Waals surface area contributed by atoms with E-state index >= 15 is 0 Å². The molecule has 3 aromatic carbocycles. The Morgan fingerprint density at radius 3 is 2.11 bits per heavy atom. The molecular formula is C27H30N4O3S. The van der Waals surface area contributed by atoms with E-state index in [0.29, 0.717) is 17.1 Å². The predicted octanol–water partition coefficient (Wildman–Crippen LogP) is 4.15. The van der Waals surface area contributed by atoms with Gasteiger partial charge in [0.25, 0.3) is 5.91 Å². The molecule has 182 valence electrons. The van der Waals surface area contributed by atoms with Crippen LogP contribution in [0.15, 0.2) is 72.8 Å². The Hall–Kier alpha value is -3.62. The summed E-state index contributed by atoms with van der Waals surface area (Å²) >= 11 is 5.34. The van der Waals surface area contributed by atoms with Crippen LogP contribution in [0, 0.1) is 0 Å². The van der Waals surface area contributed by atoms with Gasteiger partial charge >= 0.3 is 0 Å². The smallest absolute Gasteiger partial charge is 0.257 e. The van der Waals surface area contributed by atoms with E-state index in [-0.39, 0.29) is 11.0 Å². The number of carbonyl (C=O) groups excluding carboxylic acids is 1. The molecule has 1 heterocycles. The monoisotopic (exact) mass is 490 g/mol. The van der Waals surface area contributed by atoms with Crippen LogP contribution in [0.4, 0.5) is 11.4 Å². The molecule has 1 aliphatic heterocycles. The van der Waals surface area contributed by atoms with Crippen LogP contribution in [0.5, 0.6) is 11.5 Å². The van der Waals surface area contributed by atoms with Crippen molar-refractivity contribution in [3.05, 3.63) is 83.9 Å². The molecule has 0 spiro atoms. The van der Waals surface area contributed by atoms with E-state index in [1.54, 1.807) is 18.2 Å². The third-order valence-electron chi connectivity index (χ3n) is 5.95. The Morgan fingerprint density at radius 1 is 0.886 bits per heavy atom. The van der Waals surface area contributed by atoms with Crippen molar-refractivity contribution in [2.45, 2.75) is 6.54 Å². The van der Waals surface area contributed by atoms with Gasteiger partial charge < -0.3 is 19.7 Å². The highest BCUT2D eigenvalue weighted by Gasteiger charge is 2.17. The first-order valence-corrected chi connectivity index (χ1v) is 11.9. The summed E-state index contributed by atoms with van der Waals surface area (Å²) in [7, 11) is 3.08. The number of thiocarbonyl (C=S) groups is 1. The van der Waals surface area contributed by atoms with Gasteiger partial charge in [0.2, 0.25) is 0 Å². The van der Waals surface area contributed by atoms with Crippen molar-refractivity contribution < 1.29 is 14.3 Å². The zero-order valence-corrected chi connectivity index (χ0v) is 20.8. The van der Waals surface area contributed by atoms with E-state index in [4.69, 9.17) is 21.7 Å². The maximum Gasteiger partial charge on any atom is 0.257 e. The maximum absolute atomic E-state index is 12.6. The molecule has 8 heteroatoms. The lowest BCUT2D eigenvalue weighted by atomic mass is 10.2. The van der Waals surface area contributed by atoms with Crippen LogP contribution < -0.4 is 25.0 Å². The van der Waals surface area contributed by atoms with Crippen LogP contribution in [0.25, 0.3) is 0 Å². The second-order valence-electron chi connectivity index (χ2n) is 8.31. The third kappa shape index (κ3) is 6.71. The maximum atomic E-state index is 12.6. The molecular weight excluding hydrogens is 460 g/mol. The number of carbonyl (C=O) groups is 1. The summed E-state index contributed by atoms with van der Waals surface area (Å²) in [5, 5.41) is 6.00. The topological polar surface area (TPSA) is 66.1 Å². The summed E-state index contributed by atoms with van der Waals surface area (Å²) in [6.45, 7) is 5.01. The zero-order chi connectivity index (χ0) is 24.6. The van der Waals surface area contributed by atoms with Gasteiger partial charge in [0, 0.05) is 55.7 Å². The minimum Gasteiger partial charge on any atom is -0.497 e. The Bertz CT molecular complexity index is 1120. The number of ether oxygens (including phenoxy) is 2. The summed E-state index contributed by atoms with van der Waals surface area (Å²) in [5.41, 5.74) is 3.73. The number of hydrogen-bond donors (Lipinski definition) is 2. The fraction of sp³-hybridized carbons (Fsp3) is 0.259. The molecule has 1 fully saturated rings. The quantitative estimate of drug-likeness (QED) is 0.482. The van der Waals surface area contributed by atoms with E-state index in [2.05, 4.69) is 62.9 Å². The normalized spacial score (nSPS) is 13.7. The Kier molecular flexibility index (Phi) is 8.18. The average Bonchev–Trinajstić information content (AvgIpc) is 2.89. The summed E-state index contributed by atoms with van der Waals surface area (Å²) in [4.78, 5) is 17.5. The van der Waals surface area contributed by atoms with Crippen molar-refractivity contribution in [3.8, 4) is 11.5 Å². The van der Waals surface area contributed by atoms with Gasteiger partial charge in [-0.3, -0.25) is 15.0 Å². The van der Waals surface area contributed by atoms with Gasteiger partial charge in [0.05, 0.1) is 14.2 Å². The van der Waals surface area contributed by atoms with Crippen LogP contribution in [-0.4, -0.2) is 56.3 Å². The second-order valence-corrected chi connectivity index (χ2v) is 8.71. The first kappa shape index (κ1) is 24.5. The van der Waals surface area contributed by atoms with E-state index in [9.17, 15) is 4.79 Å². The van der Waals surface area contributed by atoms with Crippen molar-refractivity contribution in [1.29, 1.82) is 0 Å². The first-order valence-electron chi connectivity index (χ1n) is 11.5. The highest BCUT2D eigenvalue weighted by molar-refractivity contribution is 7.80. The Labute approximate surface area is 211 Å². The second kappa shape index (κ2) is 11.7. The number of hydrogen-bond acceptors (Lipinski definition) is 6.